The normalized spacial score (nSPS) is 10.4. The fourth-order valence-corrected chi connectivity index (χ4v) is 1.83. The van der Waals surface area contributed by atoms with Gasteiger partial charge < -0.3 is 5.11 Å². The van der Waals surface area contributed by atoms with E-state index in [1.165, 1.54) is 16.7 Å². The molecule has 0 heterocycles. The zero-order valence-electron chi connectivity index (χ0n) is 8.51. The standard InChI is InChI=1S/C12H18O/c1-3-10-6-5-7-11(8-9-13)12(10)4-2/h5-7,13H,3-4,8-9H2,1-2H3. The van der Waals surface area contributed by atoms with Crippen molar-refractivity contribution in [2.24, 2.45) is 0 Å². The number of aryl methyl sites for hydroxylation is 1. The summed E-state index contributed by atoms with van der Waals surface area (Å²) in [4.78, 5) is 0. The van der Waals surface area contributed by atoms with E-state index in [2.05, 4.69) is 32.0 Å². The highest BCUT2D eigenvalue weighted by Crippen LogP contribution is 2.16. The van der Waals surface area contributed by atoms with E-state index in [0.29, 0.717) is 0 Å². The van der Waals surface area contributed by atoms with Crippen LogP contribution in [0.2, 0.25) is 0 Å². The molecular formula is C12H18O. The largest absolute Gasteiger partial charge is 0.396 e. The van der Waals surface area contributed by atoms with Crippen molar-refractivity contribution < 1.29 is 5.11 Å². The predicted octanol–water partition coefficient (Wildman–Crippen LogP) is 2.35. The molecule has 1 aromatic rings. The Hall–Kier alpha value is -0.820. The summed E-state index contributed by atoms with van der Waals surface area (Å²) in [5, 5.41) is 8.90. The van der Waals surface area contributed by atoms with Crippen LogP contribution in [0.5, 0.6) is 0 Å². The second kappa shape index (κ2) is 5.03. The lowest BCUT2D eigenvalue weighted by Crippen LogP contribution is -2.00. The summed E-state index contributed by atoms with van der Waals surface area (Å²) in [7, 11) is 0. The summed E-state index contributed by atoms with van der Waals surface area (Å²) in [6, 6.07) is 6.39. The molecular weight excluding hydrogens is 160 g/mol. The summed E-state index contributed by atoms with van der Waals surface area (Å²) < 4.78 is 0. The maximum atomic E-state index is 8.90. The molecule has 0 saturated heterocycles. The molecule has 0 amide bonds. The average Bonchev–Trinajstić information content (AvgIpc) is 2.18. The number of aliphatic hydroxyl groups excluding tert-OH is 1. The SMILES string of the molecule is CCc1cccc(CCO)c1CC. The minimum atomic E-state index is 0.250. The molecule has 0 aromatic heterocycles. The molecule has 0 aliphatic rings. The second-order valence-corrected chi connectivity index (χ2v) is 3.24. The molecule has 0 bridgehead atoms. The van der Waals surface area contributed by atoms with Crippen LogP contribution >= 0.6 is 0 Å². The van der Waals surface area contributed by atoms with Crippen LogP contribution in [0.15, 0.2) is 18.2 Å². The van der Waals surface area contributed by atoms with E-state index < -0.39 is 0 Å². The van der Waals surface area contributed by atoms with Crippen LogP contribution in [-0.4, -0.2) is 11.7 Å². The van der Waals surface area contributed by atoms with Gasteiger partial charge in [-0.15, -0.1) is 0 Å². The Morgan fingerprint density at radius 1 is 1.08 bits per heavy atom. The number of aliphatic hydroxyl groups is 1. The van der Waals surface area contributed by atoms with Crippen LogP contribution < -0.4 is 0 Å². The smallest absolute Gasteiger partial charge is 0.0471 e. The number of rotatable bonds is 4. The Kier molecular flexibility index (Phi) is 3.97. The molecule has 1 nitrogen and oxygen atoms in total. The molecule has 0 spiro atoms. The fraction of sp³-hybridized carbons (Fsp3) is 0.500. The maximum Gasteiger partial charge on any atom is 0.0471 e. The molecule has 0 atom stereocenters. The van der Waals surface area contributed by atoms with Crippen molar-refractivity contribution in [2.45, 2.75) is 33.1 Å². The molecule has 0 aliphatic carbocycles. The molecule has 0 aliphatic heterocycles. The van der Waals surface area contributed by atoms with E-state index in [1.807, 2.05) is 0 Å². The van der Waals surface area contributed by atoms with Gasteiger partial charge in [0.1, 0.15) is 0 Å². The highest BCUT2D eigenvalue weighted by molar-refractivity contribution is 5.35. The molecule has 0 fully saturated rings. The Balaban J connectivity index is 3.03. The lowest BCUT2D eigenvalue weighted by Gasteiger charge is -2.11. The molecule has 72 valence electrons. The Morgan fingerprint density at radius 3 is 2.31 bits per heavy atom. The van der Waals surface area contributed by atoms with E-state index in [-0.39, 0.29) is 6.61 Å². The average molecular weight is 178 g/mol. The van der Waals surface area contributed by atoms with Crippen LogP contribution in [0.25, 0.3) is 0 Å². The van der Waals surface area contributed by atoms with Crippen LogP contribution in [0.3, 0.4) is 0 Å². The summed E-state index contributed by atoms with van der Waals surface area (Å²) in [5.41, 5.74) is 4.16. The van der Waals surface area contributed by atoms with E-state index in [1.54, 1.807) is 0 Å². The summed E-state index contributed by atoms with van der Waals surface area (Å²) >= 11 is 0. The molecule has 1 aromatic carbocycles. The van der Waals surface area contributed by atoms with Gasteiger partial charge in [-0.2, -0.15) is 0 Å². The van der Waals surface area contributed by atoms with Crippen molar-refractivity contribution >= 4 is 0 Å². The molecule has 0 radical (unpaired) electrons. The third-order valence-electron chi connectivity index (χ3n) is 2.49. The third kappa shape index (κ3) is 2.31. The highest BCUT2D eigenvalue weighted by atomic mass is 16.2. The van der Waals surface area contributed by atoms with Crippen molar-refractivity contribution in [3.8, 4) is 0 Å². The molecule has 0 unspecified atom stereocenters. The molecule has 0 saturated carbocycles. The topological polar surface area (TPSA) is 20.2 Å². The predicted molar refractivity (Wildman–Crippen MR) is 56.0 cm³/mol. The van der Waals surface area contributed by atoms with Gasteiger partial charge in [-0.3, -0.25) is 0 Å². The van der Waals surface area contributed by atoms with Gasteiger partial charge in [-0.1, -0.05) is 32.0 Å². The zero-order chi connectivity index (χ0) is 9.68. The number of hydrogen-bond donors (Lipinski definition) is 1. The third-order valence-corrected chi connectivity index (χ3v) is 2.49. The lowest BCUT2D eigenvalue weighted by molar-refractivity contribution is 0.299. The van der Waals surface area contributed by atoms with Gasteiger partial charge >= 0.3 is 0 Å². The van der Waals surface area contributed by atoms with E-state index in [9.17, 15) is 0 Å². The first-order chi connectivity index (χ1) is 6.33. The summed E-state index contributed by atoms with van der Waals surface area (Å²) in [6.07, 6.45) is 2.94. The Morgan fingerprint density at radius 2 is 1.77 bits per heavy atom. The van der Waals surface area contributed by atoms with Crippen molar-refractivity contribution in [3.05, 3.63) is 34.9 Å². The molecule has 1 rings (SSSR count). The van der Waals surface area contributed by atoms with E-state index >= 15 is 0 Å². The van der Waals surface area contributed by atoms with Crippen molar-refractivity contribution in [1.82, 2.24) is 0 Å². The minimum absolute atomic E-state index is 0.250. The lowest BCUT2D eigenvalue weighted by atomic mass is 9.96. The first-order valence-corrected chi connectivity index (χ1v) is 5.04. The number of hydrogen-bond acceptors (Lipinski definition) is 1. The van der Waals surface area contributed by atoms with Crippen LogP contribution in [0.1, 0.15) is 30.5 Å². The zero-order valence-corrected chi connectivity index (χ0v) is 8.51. The Bertz CT molecular complexity index is 266. The first kappa shape index (κ1) is 10.3. The van der Waals surface area contributed by atoms with Crippen LogP contribution in [0.4, 0.5) is 0 Å². The molecule has 1 N–H and O–H groups in total. The Labute approximate surface area is 80.4 Å². The van der Waals surface area contributed by atoms with Gasteiger partial charge in [-0.25, -0.2) is 0 Å². The first-order valence-electron chi connectivity index (χ1n) is 5.04. The van der Waals surface area contributed by atoms with Gasteiger partial charge in [0, 0.05) is 6.61 Å². The summed E-state index contributed by atoms with van der Waals surface area (Å²) in [5.74, 6) is 0. The maximum absolute atomic E-state index is 8.90. The minimum Gasteiger partial charge on any atom is -0.396 e. The fourth-order valence-electron chi connectivity index (χ4n) is 1.83. The number of benzene rings is 1. The van der Waals surface area contributed by atoms with Gasteiger partial charge in [0.05, 0.1) is 0 Å². The van der Waals surface area contributed by atoms with Crippen LogP contribution in [-0.2, 0) is 19.3 Å². The van der Waals surface area contributed by atoms with Crippen molar-refractivity contribution in [1.29, 1.82) is 0 Å². The highest BCUT2D eigenvalue weighted by Gasteiger charge is 2.03. The summed E-state index contributed by atoms with van der Waals surface area (Å²) in [6.45, 7) is 4.60. The van der Waals surface area contributed by atoms with Gasteiger partial charge in [0.25, 0.3) is 0 Å². The van der Waals surface area contributed by atoms with E-state index in [0.717, 1.165) is 19.3 Å². The van der Waals surface area contributed by atoms with Crippen molar-refractivity contribution in [3.63, 3.8) is 0 Å². The van der Waals surface area contributed by atoms with Gasteiger partial charge in [-0.05, 0) is 36.0 Å². The van der Waals surface area contributed by atoms with E-state index in [4.69, 9.17) is 5.11 Å². The molecule has 13 heavy (non-hydrogen) atoms. The molecule has 1 heteroatoms. The quantitative estimate of drug-likeness (QED) is 0.750. The van der Waals surface area contributed by atoms with Crippen molar-refractivity contribution in [2.75, 3.05) is 6.61 Å². The van der Waals surface area contributed by atoms with Gasteiger partial charge in [0.2, 0.25) is 0 Å². The second-order valence-electron chi connectivity index (χ2n) is 3.24. The monoisotopic (exact) mass is 178 g/mol. The van der Waals surface area contributed by atoms with Crippen LogP contribution in [0, 0.1) is 0 Å². The van der Waals surface area contributed by atoms with Gasteiger partial charge in [0.15, 0.2) is 0 Å².